The van der Waals surface area contributed by atoms with Gasteiger partial charge in [0.15, 0.2) is 11.6 Å². The largest absolute Gasteiger partial charge is 0.493 e. The van der Waals surface area contributed by atoms with Crippen molar-refractivity contribution in [2.75, 3.05) is 42.3 Å². The van der Waals surface area contributed by atoms with E-state index < -0.39 is 9.73 Å². The van der Waals surface area contributed by atoms with E-state index in [9.17, 15) is 4.21 Å². The van der Waals surface area contributed by atoms with Crippen molar-refractivity contribution in [1.82, 2.24) is 4.98 Å². The molecule has 0 aliphatic carbocycles. The molecular formula is C10H16N4O2S. The Morgan fingerprint density at radius 1 is 1.53 bits per heavy atom. The van der Waals surface area contributed by atoms with Crippen LogP contribution < -0.4 is 15.4 Å². The van der Waals surface area contributed by atoms with Gasteiger partial charge >= 0.3 is 0 Å². The van der Waals surface area contributed by atoms with Crippen LogP contribution in [0, 0.1) is 4.78 Å². The van der Waals surface area contributed by atoms with Crippen LogP contribution in [0.1, 0.15) is 0 Å². The lowest BCUT2D eigenvalue weighted by Crippen LogP contribution is -2.40. The number of nitrogen functional groups attached to an aromatic ring is 1. The third kappa shape index (κ3) is 2.60. The molecule has 1 aliphatic rings. The molecule has 1 saturated heterocycles. The van der Waals surface area contributed by atoms with E-state index in [1.54, 1.807) is 19.4 Å². The maximum Gasteiger partial charge on any atom is 0.171 e. The first-order valence-corrected chi connectivity index (χ1v) is 7.20. The lowest BCUT2D eigenvalue weighted by Gasteiger charge is -2.29. The average Bonchev–Trinajstić information content (AvgIpc) is 2.29. The molecule has 2 rings (SSSR count). The maximum atomic E-state index is 11.6. The molecular weight excluding hydrogens is 240 g/mol. The average molecular weight is 256 g/mol. The molecule has 0 amide bonds. The Labute approximate surface area is 101 Å². The van der Waals surface area contributed by atoms with Gasteiger partial charge in [-0.05, 0) is 0 Å². The Balaban J connectivity index is 2.24. The van der Waals surface area contributed by atoms with E-state index in [-0.39, 0.29) is 0 Å². The predicted octanol–water partition coefficient (Wildman–Crippen LogP) is 0.539. The van der Waals surface area contributed by atoms with Crippen LogP contribution in [0.4, 0.5) is 11.5 Å². The molecule has 0 spiro atoms. The predicted molar refractivity (Wildman–Crippen MR) is 68.0 cm³/mol. The highest BCUT2D eigenvalue weighted by atomic mass is 32.2. The minimum absolute atomic E-state index is 0.377. The van der Waals surface area contributed by atoms with Gasteiger partial charge in [-0.15, -0.1) is 0 Å². The number of nitrogens with zero attached hydrogens (tertiary/aromatic N) is 2. The minimum Gasteiger partial charge on any atom is -0.493 e. The maximum absolute atomic E-state index is 11.6. The van der Waals surface area contributed by atoms with Crippen molar-refractivity contribution in [3.63, 3.8) is 0 Å². The minimum atomic E-state index is -2.39. The van der Waals surface area contributed by atoms with E-state index in [0.717, 1.165) is 0 Å². The molecule has 1 aromatic rings. The molecule has 6 nitrogen and oxygen atoms in total. The molecule has 2 heterocycles. The monoisotopic (exact) mass is 256 g/mol. The molecule has 0 atom stereocenters. The first-order valence-electron chi connectivity index (χ1n) is 5.30. The van der Waals surface area contributed by atoms with Crippen LogP contribution in [0.3, 0.4) is 0 Å². The number of methoxy groups -OCH3 is 1. The van der Waals surface area contributed by atoms with Crippen LogP contribution in [-0.2, 0) is 9.73 Å². The Morgan fingerprint density at radius 2 is 2.18 bits per heavy atom. The highest BCUT2D eigenvalue weighted by molar-refractivity contribution is 7.92. The SMILES string of the molecule is COc1cc(N)cnc1N1CCS(=N)(=O)CC1. The summed E-state index contributed by atoms with van der Waals surface area (Å²) in [7, 11) is -0.819. The topological polar surface area (TPSA) is 92.3 Å². The highest BCUT2D eigenvalue weighted by Crippen LogP contribution is 2.28. The highest BCUT2D eigenvalue weighted by Gasteiger charge is 2.22. The summed E-state index contributed by atoms with van der Waals surface area (Å²) in [5, 5.41) is 0. The number of rotatable bonds is 2. The third-order valence-electron chi connectivity index (χ3n) is 2.76. The zero-order chi connectivity index (χ0) is 12.5. The van der Waals surface area contributed by atoms with Crippen molar-refractivity contribution < 1.29 is 8.95 Å². The Kier molecular flexibility index (Phi) is 3.10. The van der Waals surface area contributed by atoms with Crippen molar-refractivity contribution in [2.24, 2.45) is 0 Å². The van der Waals surface area contributed by atoms with Crippen molar-refractivity contribution >= 4 is 21.2 Å². The smallest absolute Gasteiger partial charge is 0.171 e. The number of pyridine rings is 1. The van der Waals surface area contributed by atoms with E-state index in [4.69, 9.17) is 15.3 Å². The van der Waals surface area contributed by atoms with E-state index >= 15 is 0 Å². The van der Waals surface area contributed by atoms with Crippen molar-refractivity contribution in [1.29, 1.82) is 4.78 Å². The second-order valence-electron chi connectivity index (χ2n) is 4.00. The molecule has 1 aromatic heterocycles. The molecule has 7 heteroatoms. The van der Waals surface area contributed by atoms with Crippen LogP contribution in [0.15, 0.2) is 12.3 Å². The summed E-state index contributed by atoms with van der Waals surface area (Å²) in [4.78, 5) is 6.22. The van der Waals surface area contributed by atoms with Gasteiger partial charge in [0.1, 0.15) is 0 Å². The first-order chi connectivity index (χ1) is 8.02. The molecule has 1 aliphatic heterocycles. The van der Waals surface area contributed by atoms with Gasteiger partial charge in [-0.2, -0.15) is 0 Å². The molecule has 0 aromatic carbocycles. The standard InChI is InChI=1S/C10H16N4O2S/c1-16-9-6-8(11)7-13-10(9)14-2-4-17(12,15)5-3-14/h6-7,12H,2-5,11H2,1H3. The van der Waals surface area contributed by atoms with Gasteiger partial charge < -0.3 is 15.4 Å². The quantitative estimate of drug-likeness (QED) is 0.805. The lowest BCUT2D eigenvalue weighted by atomic mass is 10.3. The molecule has 3 N–H and O–H groups in total. The van der Waals surface area contributed by atoms with Crippen LogP contribution in [0.5, 0.6) is 5.75 Å². The fraction of sp³-hybridized carbons (Fsp3) is 0.500. The number of nitrogens with one attached hydrogen (secondary N) is 1. The van der Waals surface area contributed by atoms with Crippen molar-refractivity contribution in [3.8, 4) is 5.75 Å². The lowest BCUT2D eigenvalue weighted by molar-refractivity contribution is 0.413. The number of hydrogen-bond acceptors (Lipinski definition) is 6. The summed E-state index contributed by atoms with van der Waals surface area (Å²) in [6.07, 6.45) is 1.57. The number of aromatic nitrogens is 1. The number of nitrogens with two attached hydrogens (primary N) is 1. The summed E-state index contributed by atoms with van der Waals surface area (Å²) < 4.78 is 24.3. The molecule has 0 saturated carbocycles. The molecule has 17 heavy (non-hydrogen) atoms. The zero-order valence-corrected chi connectivity index (χ0v) is 10.5. The van der Waals surface area contributed by atoms with Crippen molar-refractivity contribution in [2.45, 2.75) is 0 Å². The number of anilines is 2. The summed E-state index contributed by atoms with van der Waals surface area (Å²) in [5.41, 5.74) is 6.19. The summed E-state index contributed by atoms with van der Waals surface area (Å²) >= 11 is 0. The first kappa shape index (κ1) is 12.0. The third-order valence-corrected chi connectivity index (χ3v) is 4.44. The van der Waals surface area contributed by atoms with Crippen LogP contribution >= 0.6 is 0 Å². The number of hydrogen-bond donors (Lipinski definition) is 2. The van der Waals surface area contributed by atoms with Crippen molar-refractivity contribution in [3.05, 3.63) is 12.3 Å². The van der Waals surface area contributed by atoms with Gasteiger partial charge in [0, 0.05) is 40.4 Å². The summed E-state index contributed by atoms with van der Waals surface area (Å²) in [6, 6.07) is 1.72. The van der Waals surface area contributed by atoms with Gasteiger partial charge in [0.25, 0.3) is 0 Å². The fourth-order valence-electron chi connectivity index (χ4n) is 1.78. The second kappa shape index (κ2) is 4.40. The van der Waals surface area contributed by atoms with E-state index in [2.05, 4.69) is 4.98 Å². The van der Waals surface area contributed by atoms with Gasteiger partial charge in [0.2, 0.25) is 0 Å². The number of ether oxygens (including phenoxy) is 1. The van der Waals surface area contributed by atoms with E-state index in [1.165, 1.54) is 0 Å². The summed E-state index contributed by atoms with van der Waals surface area (Å²) in [5.74, 6) is 2.07. The molecule has 1 fully saturated rings. The fourth-order valence-corrected chi connectivity index (χ4v) is 3.02. The molecule has 94 valence electrons. The Hall–Kier alpha value is -1.50. The van der Waals surface area contributed by atoms with E-state index in [0.29, 0.717) is 41.8 Å². The summed E-state index contributed by atoms with van der Waals surface area (Å²) in [6.45, 7) is 1.13. The normalized spacial score (nSPS) is 19.0. The van der Waals surface area contributed by atoms with Gasteiger partial charge in [0.05, 0.1) is 19.0 Å². The Morgan fingerprint density at radius 3 is 2.76 bits per heavy atom. The van der Waals surface area contributed by atoms with Crippen LogP contribution in [0.25, 0.3) is 0 Å². The van der Waals surface area contributed by atoms with E-state index in [1.807, 2.05) is 4.90 Å². The zero-order valence-electron chi connectivity index (χ0n) is 9.68. The molecule has 0 unspecified atom stereocenters. The molecule has 0 radical (unpaired) electrons. The van der Waals surface area contributed by atoms with Crippen LogP contribution in [-0.4, -0.2) is 40.9 Å². The van der Waals surface area contributed by atoms with Gasteiger partial charge in [-0.1, -0.05) is 0 Å². The van der Waals surface area contributed by atoms with Gasteiger partial charge in [-0.3, -0.25) is 4.78 Å². The molecule has 0 bridgehead atoms. The Bertz CT molecular complexity index is 501. The van der Waals surface area contributed by atoms with Crippen LogP contribution in [0.2, 0.25) is 0 Å². The second-order valence-corrected chi connectivity index (χ2v) is 6.44. The van der Waals surface area contributed by atoms with Gasteiger partial charge in [-0.25, -0.2) is 9.19 Å².